The average molecular weight is 311 g/mol. The van der Waals surface area contributed by atoms with Crippen molar-refractivity contribution in [2.24, 2.45) is 0 Å². The highest BCUT2D eigenvalue weighted by atomic mass is 32.1. The van der Waals surface area contributed by atoms with E-state index in [9.17, 15) is 4.79 Å². The quantitative estimate of drug-likeness (QED) is 0.710. The second-order valence-corrected chi connectivity index (χ2v) is 6.52. The van der Waals surface area contributed by atoms with Gasteiger partial charge in [-0.25, -0.2) is 0 Å². The summed E-state index contributed by atoms with van der Waals surface area (Å²) in [5, 5.41) is 3.96. The van der Waals surface area contributed by atoms with Gasteiger partial charge in [0.05, 0.1) is 6.04 Å². The Labute approximate surface area is 133 Å². The smallest absolute Gasteiger partial charge is 0.244 e. The van der Waals surface area contributed by atoms with E-state index in [0.717, 1.165) is 21.6 Å². The first-order valence-electron chi connectivity index (χ1n) is 7.15. The van der Waals surface area contributed by atoms with Gasteiger partial charge >= 0.3 is 0 Å². The van der Waals surface area contributed by atoms with E-state index in [0.29, 0.717) is 0 Å². The highest BCUT2D eigenvalue weighted by Crippen LogP contribution is 2.23. The Balaban J connectivity index is 1.66. The third-order valence-corrected chi connectivity index (χ3v) is 4.36. The van der Waals surface area contributed by atoms with Gasteiger partial charge < -0.3 is 9.73 Å². The monoisotopic (exact) mass is 311 g/mol. The minimum atomic E-state index is -0.172. The topological polar surface area (TPSA) is 42.2 Å². The molecule has 0 radical (unpaired) electrons. The molecule has 22 heavy (non-hydrogen) atoms. The van der Waals surface area contributed by atoms with Crippen molar-refractivity contribution in [1.82, 2.24) is 5.32 Å². The number of carbonyl (C=O) groups is 1. The lowest BCUT2D eigenvalue weighted by Gasteiger charge is -2.08. The summed E-state index contributed by atoms with van der Waals surface area (Å²) < 4.78 is 5.76. The molecular formula is C18H17NO2S. The summed E-state index contributed by atoms with van der Waals surface area (Å²) in [5.74, 6) is 0.633. The largest absolute Gasteiger partial charge is 0.459 e. The molecule has 0 unspecified atom stereocenters. The highest BCUT2D eigenvalue weighted by Gasteiger charge is 2.12. The molecule has 1 amide bonds. The number of aryl methyl sites for hydroxylation is 1. The molecule has 3 nitrogen and oxygen atoms in total. The second-order valence-electron chi connectivity index (χ2n) is 5.20. The van der Waals surface area contributed by atoms with E-state index < -0.39 is 0 Å². The number of benzene rings is 1. The van der Waals surface area contributed by atoms with Crippen LogP contribution < -0.4 is 5.32 Å². The standard InChI is InChI=1S/C18H17NO2S/c1-12-7-8-15(22-12)9-10-18(20)19-13(2)17-11-14-5-3-4-6-16(14)21-17/h3-11,13H,1-2H3,(H,19,20)/b10-9+/t13-/m1/s1. The Kier molecular flexibility index (Phi) is 4.11. The van der Waals surface area contributed by atoms with Crippen LogP contribution in [0.1, 0.15) is 28.5 Å². The van der Waals surface area contributed by atoms with Crippen molar-refractivity contribution in [2.45, 2.75) is 19.9 Å². The summed E-state index contributed by atoms with van der Waals surface area (Å²) in [4.78, 5) is 14.3. The molecule has 2 aromatic heterocycles. The van der Waals surface area contributed by atoms with E-state index in [-0.39, 0.29) is 11.9 Å². The summed E-state index contributed by atoms with van der Waals surface area (Å²) in [7, 11) is 0. The predicted molar refractivity (Wildman–Crippen MR) is 90.9 cm³/mol. The van der Waals surface area contributed by atoms with Crippen LogP contribution in [-0.4, -0.2) is 5.91 Å². The molecule has 0 saturated carbocycles. The van der Waals surface area contributed by atoms with Crippen LogP contribution >= 0.6 is 11.3 Å². The van der Waals surface area contributed by atoms with Crippen LogP contribution in [0.5, 0.6) is 0 Å². The van der Waals surface area contributed by atoms with E-state index >= 15 is 0 Å². The maximum atomic E-state index is 12.0. The van der Waals surface area contributed by atoms with Gasteiger partial charge in [-0.2, -0.15) is 0 Å². The van der Waals surface area contributed by atoms with E-state index in [1.807, 2.05) is 62.4 Å². The molecule has 0 aliphatic heterocycles. The first-order valence-corrected chi connectivity index (χ1v) is 7.97. The highest BCUT2D eigenvalue weighted by molar-refractivity contribution is 7.12. The number of furan rings is 1. The van der Waals surface area contributed by atoms with E-state index in [1.165, 1.54) is 4.88 Å². The molecule has 1 atom stereocenters. The van der Waals surface area contributed by atoms with Gasteiger partial charge in [-0.05, 0) is 44.2 Å². The Morgan fingerprint density at radius 2 is 2.09 bits per heavy atom. The number of hydrogen-bond donors (Lipinski definition) is 1. The lowest BCUT2D eigenvalue weighted by Crippen LogP contribution is -2.24. The zero-order chi connectivity index (χ0) is 15.5. The summed E-state index contributed by atoms with van der Waals surface area (Å²) in [6.45, 7) is 3.96. The van der Waals surface area contributed by atoms with Gasteiger partial charge in [0.1, 0.15) is 11.3 Å². The molecule has 1 N–H and O–H groups in total. The van der Waals surface area contributed by atoms with Crippen molar-refractivity contribution in [2.75, 3.05) is 0 Å². The summed E-state index contributed by atoms with van der Waals surface area (Å²) in [5.41, 5.74) is 0.836. The van der Waals surface area contributed by atoms with Crippen LogP contribution in [0.25, 0.3) is 17.0 Å². The van der Waals surface area contributed by atoms with Crippen molar-refractivity contribution in [3.8, 4) is 0 Å². The second kappa shape index (κ2) is 6.20. The Hall–Kier alpha value is -2.33. The van der Waals surface area contributed by atoms with Crippen LogP contribution in [0, 0.1) is 6.92 Å². The molecular weight excluding hydrogens is 294 g/mol. The van der Waals surface area contributed by atoms with Crippen molar-refractivity contribution in [3.63, 3.8) is 0 Å². The van der Waals surface area contributed by atoms with Crippen LogP contribution in [-0.2, 0) is 4.79 Å². The lowest BCUT2D eigenvalue weighted by atomic mass is 10.2. The van der Waals surface area contributed by atoms with Crippen LogP contribution in [0.3, 0.4) is 0 Å². The van der Waals surface area contributed by atoms with Crippen LogP contribution in [0.15, 0.2) is 53.0 Å². The number of carbonyl (C=O) groups excluding carboxylic acids is 1. The van der Waals surface area contributed by atoms with Gasteiger partial charge in [-0.3, -0.25) is 4.79 Å². The number of rotatable bonds is 4. The maximum Gasteiger partial charge on any atom is 0.244 e. The minimum absolute atomic E-state index is 0.126. The summed E-state index contributed by atoms with van der Waals surface area (Å²) in [6, 6.07) is 13.7. The molecule has 2 heterocycles. The Morgan fingerprint density at radius 1 is 1.27 bits per heavy atom. The van der Waals surface area contributed by atoms with Crippen LogP contribution in [0.4, 0.5) is 0 Å². The van der Waals surface area contributed by atoms with Crippen molar-refractivity contribution >= 4 is 34.3 Å². The Bertz CT molecular complexity index is 795. The normalized spacial score (nSPS) is 12.8. The molecule has 112 valence electrons. The zero-order valence-corrected chi connectivity index (χ0v) is 13.3. The van der Waals surface area contributed by atoms with Crippen LogP contribution in [0.2, 0.25) is 0 Å². The third kappa shape index (κ3) is 3.28. The fraction of sp³-hybridized carbons (Fsp3) is 0.167. The lowest BCUT2D eigenvalue weighted by molar-refractivity contribution is -0.117. The minimum Gasteiger partial charge on any atom is -0.459 e. The number of fused-ring (bicyclic) bond motifs is 1. The van der Waals surface area contributed by atoms with E-state index in [4.69, 9.17) is 4.42 Å². The first-order chi connectivity index (χ1) is 10.6. The van der Waals surface area contributed by atoms with Crippen molar-refractivity contribution < 1.29 is 9.21 Å². The Morgan fingerprint density at radius 3 is 2.82 bits per heavy atom. The molecule has 0 saturated heterocycles. The molecule has 0 spiro atoms. The molecule has 0 fully saturated rings. The summed E-state index contributed by atoms with van der Waals surface area (Å²) in [6.07, 6.45) is 3.39. The molecule has 3 aromatic rings. The van der Waals surface area contributed by atoms with Crippen molar-refractivity contribution in [3.05, 3.63) is 64.1 Å². The number of para-hydroxylation sites is 1. The fourth-order valence-corrected chi connectivity index (χ4v) is 3.03. The van der Waals surface area contributed by atoms with Gasteiger partial charge in [0.2, 0.25) is 5.91 Å². The number of thiophene rings is 1. The maximum absolute atomic E-state index is 12.0. The molecule has 0 aliphatic carbocycles. The van der Waals surface area contributed by atoms with Gasteiger partial charge in [0.15, 0.2) is 0 Å². The summed E-state index contributed by atoms with van der Waals surface area (Å²) >= 11 is 1.66. The number of amides is 1. The fourth-order valence-electron chi connectivity index (χ4n) is 2.25. The van der Waals surface area contributed by atoms with E-state index in [2.05, 4.69) is 5.32 Å². The molecule has 0 aliphatic rings. The molecule has 0 bridgehead atoms. The SMILES string of the molecule is Cc1ccc(/C=C/C(=O)N[C@H](C)c2cc3ccccc3o2)s1. The van der Waals surface area contributed by atoms with Gasteiger partial charge in [-0.15, -0.1) is 11.3 Å². The molecule has 4 heteroatoms. The number of hydrogen-bond acceptors (Lipinski definition) is 3. The predicted octanol–water partition coefficient (Wildman–Crippen LogP) is 4.69. The van der Waals surface area contributed by atoms with Gasteiger partial charge in [0, 0.05) is 21.2 Å². The third-order valence-electron chi connectivity index (χ3n) is 3.39. The van der Waals surface area contributed by atoms with Gasteiger partial charge in [-0.1, -0.05) is 18.2 Å². The average Bonchev–Trinajstić information content (AvgIpc) is 3.11. The molecule has 3 rings (SSSR count). The van der Waals surface area contributed by atoms with Gasteiger partial charge in [0.25, 0.3) is 0 Å². The zero-order valence-electron chi connectivity index (χ0n) is 12.5. The number of nitrogens with one attached hydrogen (secondary N) is 1. The van der Waals surface area contributed by atoms with Crippen molar-refractivity contribution in [1.29, 1.82) is 0 Å². The first kappa shape index (κ1) is 14.6. The van der Waals surface area contributed by atoms with E-state index in [1.54, 1.807) is 17.4 Å². The molecule has 1 aromatic carbocycles.